The van der Waals surface area contributed by atoms with Crippen molar-refractivity contribution >= 4 is 0 Å². The van der Waals surface area contributed by atoms with Gasteiger partial charge >= 0.3 is 0 Å². The Bertz CT molecular complexity index is 144. The minimum absolute atomic E-state index is 0.124. The van der Waals surface area contributed by atoms with Gasteiger partial charge in [0, 0.05) is 13.2 Å². The zero-order valence-corrected chi connectivity index (χ0v) is 8.39. The van der Waals surface area contributed by atoms with Crippen LogP contribution in [0.2, 0.25) is 0 Å². The van der Waals surface area contributed by atoms with E-state index in [1.807, 2.05) is 0 Å². The first kappa shape index (κ1) is 10.9. The van der Waals surface area contributed by atoms with Crippen molar-refractivity contribution in [2.75, 3.05) is 13.2 Å². The largest absolute Gasteiger partial charge is 0.378 e. The molecule has 0 saturated carbocycles. The van der Waals surface area contributed by atoms with Gasteiger partial charge in [-0.2, -0.15) is 0 Å². The van der Waals surface area contributed by atoms with Crippen LogP contribution >= 0.6 is 0 Å². The van der Waals surface area contributed by atoms with Gasteiger partial charge in [0.15, 0.2) is 0 Å². The molecule has 1 aliphatic heterocycles. The highest BCUT2D eigenvalue weighted by Gasteiger charge is 2.22. The van der Waals surface area contributed by atoms with Crippen molar-refractivity contribution in [1.29, 1.82) is 0 Å². The molecule has 2 N–H and O–H groups in total. The van der Waals surface area contributed by atoms with Gasteiger partial charge in [0.1, 0.15) is 5.67 Å². The number of alkyl halides is 1. The van der Waals surface area contributed by atoms with E-state index < -0.39 is 5.67 Å². The van der Waals surface area contributed by atoms with E-state index in [2.05, 4.69) is 0 Å². The van der Waals surface area contributed by atoms with Crippen molar-refractivity contribution in [3.8, 4) is 0 Å². The molecule has 1 aliphatic rings. The number of rotatable bonds is 5. The molecule has 0 radical (unpaired) electrons. The van der Waals surface area contributed by atoms with E-state index in [1.165, 1.54) is 0 Å². The SMILES string of the molecule is CC(F)(CN)CCCC1CCCO1. The van der Waals surface area contributed by atoms with E-state index in [1.54, 1.807) is 6.92 Å². The number of hydrogen-bond donors (Lipinski definition) is 1. The standard InChI is InChI=1S/C10H20FNO/c1-10(11,8-12)6-2-4-9-5-3-7-13-9/h9H,2-8,12H2,1H3. The Kier molecular flexibility index (Phi) is 4.13. The van der Waals surface area contributed by atoms with Gasteiger partial charge in [0.2, 0.25) is 0 Å². The fourth-order valence-corrected chi connectivity index (χ4v) is 1.67. The lowest BCUT2D eigenvalue weighted by molar-refractivity contribution is 0.0945. The van der Waals surface area contributed by atoms with Crippen LogP contribution in [0.4, 0.5) is 4.39 Å². The topological polar surface area (TPSA) is 35.2 Å². The fourth-order valence-electron chi connectivity index (χ4n) is 1.67. The van der Waals surface area contributed by atoms with Crippen molar-refractivity contribution in [3.05, 3.63) is 0 Å². The molecule has 1 fully saturated rings. The molecule has 0 amide bonds. The van der Waals surface area contributed by atoms with Crippen molar-refractivity contribution in [2.45, 2.75) is 50.8 Å². The lowest BCUT2D eigenvalue weighted by Gasteiger charge is -2.18. The van der Waals surface area contributed by atoms with Crippen molar-refractivity contribution < 1.29 is 9.13 Å². The molecule has 1 saturated heterocycles. The molecule has 3 heteroatoms. The van der Waals surface area contributed by atoms with E-state index in [0.29, 0.717) is 12.5 Å². The van der Waals surface area contributed by atoms with Gasteiger partial charge < -0.3 is 10.5 Å². The molecule has 0 bridgehead atoms. The van der Waals surface area contributed by atoms with Crippen LogP contribution < -0.4 is 5.73 Å². The summed E-state index contributed by atoms with van der Waals surface area (Å²) >= 11 is 0. The van der Waals surface area contributed by atoms with E-state index in [9.17, 15) is 4.39 Å². The predicted octanol–water partition coefficient (Wildman–Crippen LogP) is 2.02. The molecule has 13 heavy (non-hydrogen) atoms. The molecule has 0 aromatic carbocycles. The second-order valence-corrected chi connectivity index (χ2v) is 4.14. The normalized spacial score (nSPS) is 27.5. The highest BCUT2D eigenvalue weighted by Crippen LogP contribution is 2.22. The van der Waals surface area contributed by atoms with Crippen LogP contribution in [-0.4, -0.2) is 24.9 Å². The second-order valence-electron chi connectivity index (χ2n) is 4.14. The maximum absolute atomic E-state index is 13.3. The van der Waals surface area contributed by atoms with Gasteiger partial charge in [-0.3, -0.25) is 0 Å². The molecular weight excluding hydrogens is 169 g/mol. The molecule has 2 nitrogen and oxygen atoms in total. The maximum Gasteiger partial charge on any atom is 0.120 e. The van der Waals surface area contributed by atoms with Crippen LogP contribution in [-0.2, 0) is 4.74 Å². The Labute approximate surface area is 79.6 Å². The number of nitrogens with two attached hydrogens (primary N) is 1. The van der Waals surface area contributed by atoms with E-state index in [0.717, 1.165) is 32.3 Å². The third-order valence-electron chi connectivity index (χ3n) is 2.67. The third kappa shape index (κ3) is 4.05. The zero-order valence-electron chi connectivity index (χ0n) is 8.39. The average Bonchev–Trinajstić information content (AvgIpc) is 2.57. The first-order valence-corrected chi connectivity index (χ1v) is 5.15. The minimum atomic E-state index is -1.18. The van der Waals surface area contributed by atoms with E-state index >= 15 is 0 Å². The Morgan fingerprint density at radius 2 is 2.38 bits per heavy atom. The van der Waals surface area contributed by atoms with Crippen molar-refractivity contribution in [3.63, 3.8) is 0 Å². The van der Waals surface area contributed by atoms with E-state index in [4.69, 9.17) is 10.5 Å². The van der Waals surface area contributed by atoms with Gasteiger partial charge in [-0.05, 0) is 39.0 Å². The molecule has 0 spiro atoms. The summed E-state index contributed by atoms with van der Waals surface area (Å²) in [4.78, 5) is 0. The maximum atomic E-state index is 13.3. The molecule has 1 heterocycles. The average molecular weight is 189 g/mol. The lowest BCUT2D eigenvalue weighted by Crippen LogP contribution is -2.29. The summed E-state index contributed by atoms with van der Waals surface area (Å²) in [6.45, 7) is 2.58. The number of hydrogen-bond acceptors (Lipinski definition) is 2. The molecule has 78 valence electrons. The highest BCUT2D eigenvalue weighted by molar-refractivity contribution is 4.75. The van der Waals surface area contributed by atoms with Crippen molar-refractivity contribution in [1.82, 2.24) is 0 Å². The summed E-state index contributed by atoms with van der Waals surface area (Å²) in [5.41, 5.74) is 4.11. The predicted molar refractivity (Wildman–Crippen MR) is 51.4 cm³/mol. The Balaban J connectivity index is 2.06. The molecule has 0 aliphatic carbocycles. The zero-order chi connectivity index (χ0) is 9.73. The summed E-state index contributed by atoms with van der Waals surface area (Å²) in [6, 6.07) is 0. The van der Waals surface area contributed by atoms with E-state index in [-0.39, 0.29) is 6.54 Å². The Morgan fingerprint density at radius 3 is 2.92 bits per heavy atom. The molecule has 2 unspecified atom stereocenters. The van der Waals surface area contributed by atoms with Crippen LogP contribution in [0.15, 0.2) is 0 Å². The summed E-state index contributed by atoms with van der Waals surface area (Å²) in [5, 5.41) is 0. The van der Waals surface area contributed by atoms with Crippen LogP contribution in [0, 0.1) is 0 Å². The van der Waals surface area contributed by atoms with Gasteiger partial charge in [0.25, 0.3) is 0 Å². The lowest BCUT2D eigenvalue weighted by atomic mass is 9.99. The van der Waals surface area contributed by atoms with Crippen LogP contribution in [0.1, 0.15) is 39.0 Å². The summed E-state index contributed by atoms with van der Waals surface area (Å²) in [5.74, 6) is 0. The fraction of sp³-hybridized carbons (Fsp3) is 1.00. The van der Waals surface area contributed by atoms with Crippen LogP contribution in [0.3, 0.4) is 0 Å². The smallest absolute Gasteiger partial charge is 0.120 e. The summed E-state index contributed by atoms with van der Waals surface area (Å²) in [7, 11) is 0. The Morgan fingerprint density at radius 1 is 1.62 bits per heavy atom. The van der Waals surface area contributed by atoms with Crippen molar-refractivity contribution in [2.24, 2.45) is 5.73 Å². The first-order chi connectivity index (χ1) is 6.14. The van der Waals surface area contributed by atoms with Gasteiger partial charge in [-0.15, -0.1) is 0 Å². The number of halogens is 1. The first-order valence-electron chi connectivity index (χ1n) is 5.15. The van der Waals surface area contributed by atoms with Gasteiger partial charge in [-0.1, -0.05) is 0 Å². The third-order valence-corrected chi connectivity index (χ3v) is 2.67. The molecule has 2 atom stereocenters. The number of ether oxygens (including phenoxy) is 1. The highest BCUT2D eigenvalue weighted by atomic mass is 19.1. The summed E-state index contributed by atoms with van der Waals surface area (Å²) < 4.78 is 18.8. The summed E-state index contributed by atoms with van der Waals surface area (Å²) in [6.07, 6.45) is 5.12. The quantitative estimate of drug-likeness (QED) is 0.718. The molecule has 1 rings (SSSR count). The van der Waals surface area contributed by atoms with Crippen LogP contribution in [0.5, 0.6) is 0 Å². The van der Waals surface area contributed by atoms with Gasteiger partial charge in [-0.25, -0.2) is 4.39 Å². The minimum Gasteiger partial charge on any atom is -0.378 e. The molecule has 0 aromatic rings. The monoisotopic (exact) mass is 189 g/mol. The Hall–Kier alpha value is -0.150. The second kappa shape index (κ2) is 4.91. The molecular formula is C10H20FNO. The van der Waals surface area contributed by atoms with Crippen LogP contribution in [0.25, 0.3) is 0 Å². The van der Waals surface area contributed by atoms with Gasteiger partial charge in [0.05, 0.1) is 6.10 Å². The molecule has 0 aromatic heterocycles.